The maximum absolute atomic E-state index is 12.9. The lowest BCUT2D eigenvalue weighted by Gasteiger charge is -2.18. The molecule has 0 fully saturated rings. The maximum atomic E-state index is 12.9. The Bertz CT molecular complexity index is 1640. The minimum absolute atomic E-state index is 0.110. The average Bonchev–Trinajstić information content (AvgIpc) is 3.37. The van der Waals surface area contributed by atoms with Gasteiger partial charge in [0.1, 0.15) is 13.2 Å². The molecule has 0 aliphatic heterocycles. The minimum Gasteiger partial charge on any atom is -0.462 e. The zero-order valence-corrected chi connectivity index (χ0v) is 45.2. The normalized spacial score (nSPS) is 13.3. The number of hydrogen-bond donors (Lipinski definition) is 0. The Morgan fingerprint density at radius 2 is 0.606 bits per heavy atom. The zero-order chi connectivity index (χ0) is 51.4. The summed E-state index contributed by atoms with van der Waals surface area (Å²) < 4.78 is 16.7. The molecule has 0 amide bonds. The van der Waals surface area contributed by atoms with Crippen LogP contribution in [0.15, 0.2) is 158 Å². The fraction of sp³-hybridized carbons (Fsp3) is 0.554. The van der Waals surface area contributed by atoms with Crippen LogP contribution < -0.4 is 0 Å². The Morgan fingerprint density at radius 1 is 0.310 bits per heavy atom. The maximum Gasteiger partial charge on any atom is 0.309 e. The average molecular weight is 978 g/mol. The molecule has 0 aromatic heterocycles. The summed E-state index contributed by atoms with van der Waals surface area (Å²) in [5, 5.41) is 0. The largest absolute Gasteiger partial charge is 0.462 e. The number of unbranched alkanes of at least 4 members (excludes halogenated alkanes) is 12. The van der Waals surface area contributed by atoms with E-state index in [-0.39, 0.29) is 38.0 Å². The van der Waals surface area contributed by atoms with Crippen molar-refractivity contribution < 1.29 is 28.6 Å². The molecule has 6 heteroatoms. The van der Waals surface area contributed by atoms with E-state index in [2.05, 4.69) is 167 Å². The summed E-state index contributed by atoms with van der Waals surface area (Å²) in [4.78, 5) is 38.1. The Labute approximate surface area is 435 Å². The smallest absolute Gasteiger partial charge is 0.309 e. The van der Waals surface area contributed by atoms with Crippen LogP contribution >= 0.6 is 0 Å². The van der Waals surface area contributed by atoms with Crippen molar-refractivity contribution in [2.24, 2.45) is 0 Å². The molecule has 0 rings (SSSR count). The Hall–Kier alpha value is -4.97. The van der Waals surface area contributed by atoms with Gasteiger partial charge >= 0.3 is 17.9 Å². The summed E-state index contributed by atoms with van der Waals surface area (Å²) in [6, 6.07) is 0. The number of carbonyl (C=O) groups excluding carboxylic acids is 3. The zero-order valence-electron chi connectivity index (χ0n) is 45.2. The van der Waals surface area contributed by atoms with Gasteiger partial charge in [-0.3, -0.25) is 14.4 Å². The molecule has 0 N–H and O–H groups in total. The summed E-state index contributed by atoms with van der Waals surface area (Å²) in [5.41, 5.74) is 0. The lowest BCUT2D eigenvalue weighted by atomic mass is 10.1. The number of carbonyl (C=O) groups is 3. The van der Waals surface area contributed by atoms with Crippen molar-refractivity contribution in [3.8, 4) is 0 Å². The van der Waals surface area contributed by atoms with E-state index in [1.54, 1.807) is 6.08 Å². The SMILES string of the molecule is CC/C=C\C/C=C\C/C=C\C/C=C\C/C=C\CCCCCC(=O)OCC(COC(=O)C/C=C\C/C=C\C/C=C\C/C=C\C/C=C\CC)OC(=O)CCCCCCCC/C=C\C/C=C\C/C=C\CCCCC. The molecule has 0 saturated heterocycles. The van der Waals surface area contributed by atoms with E-state index >= 15 is 0 Å². The molecule has 0 aromatic rings. The van der Waals surface area contributed by atoms with Crippen LogP contribution in [0, 0.1) is 0 Å². The van der Waals surface area contributed by atoms with E-state index in [0.717, 1.165) is 135 Å². The molecule has 396 valence electrons. The van der Waals surface area contributed by atoms with Gasteiger partial charge in [-0.05, 0) is 128 Å². The molecule has 0 saturated carbocycles. The highest BCUT2D eigenvalue weighted by atomic mass is 16.6. The monoisotopic (exact) mass is 977 g/mol. The van der Waals surface area contributed by atoms with Gasteiger partial charge in [0.15, 0.2) is 6.10 Å². The van der Waals surface area contributed by atoms with Crippen LogP contribution in [0.3, 0.4) is 0 Å². The van der Waals surface area contributed by atoms with Crippen LogP contribution in [0.1, 0.15) is 213 Å². The molecule has 0 bridgehead atoms. The van der Waals surface area contributed by atoms with E-state index in [9.17, 15) is 14.4 Å². The molecule has 71 heavy (non-hydrogen) atoms. The quantitative estimate of drug-likeness (QED) is 0.0262. The van der Waals surface area contributed by atoms with Gasteiger partial charge in [-0.25, -0.2) is 0 Å². The van der Waals surface area contributed by atoms with Crippen LogP contribution in [0.4, 0.5) is 0 Å². The van der Waals surface area contributed by atoms with Crippen molar-refractivity contribution in [1.82, 2.24) is 0 Å². The minimum atomic E-state index is -0.847. The summed E-state index contributed by atoms with van der Waals surface area (Å²) in [6.07, 6.45) is 83.9. The van der Waals surface area contributed by atoms with Crippen LogP contribution in [-0.2, 0) is 28.6 Å². The third-order valence-electron chi connectivity index (χ3n) is 11.0. The van der Waals surface area contributed by atoms with E-state index < -0.39 is 12.1 Å². The number of allylic oxidation sites excluding steroid dienone is 25. The number of rotatable bonds is 48. The van der Waals surface area contributed by atoms with Gasteiger partial charge < -0.3 is 14.2 Å². The van der Waals surface area contributed by atoms with Gasteiger partial charge in [0.25, 0.3) is 0 Å². The molecule has 6 nitrogen and oxygen atoms in total. The van der Waals surface area contributed by atoms with Crippen molar-refractivity contribution in [2.45, 2.75) is 219 Å². The first-order valence-electron chi connectivity index (χ1n) is 28.0. The second kappa shape index (κ2) is 57.6. The Kier molecular flexibility index (Phi) is 53.6. The molecular formula is C65H100O6. The van der Waals surface area contributed by atoms with Crippen LogP contribution in [0.2, 0.25) is 0 Å². The summed E-state index contributed by atoms with van der Waals surface area (Å²) in [7, 11) is 0. The molecule has 0 aliphatic rings. The molecule has 1 unspecified atom stereocenters. The van der Waals surface area contributed by atoms with Crippen LogP contribution in [0.25, 0.3) is 0 Å². The molecule has 0 heterocycles. The van der Waals surface area contributed by atoms with E-state index in [1.807, 2.05) is 6.08 Å². The first kappa shape index (κ1) is 66.0. The standard InChI is InChI=1S/C65H100O6/c1-4-7-10-13-16-19-22-25-28-30-32-34-37-40-43-46-49-52-55-58-64(67)70-61-62(60-69-63(66)57-54-51-48-45-42-39-36-27-24-21-18-15-12-9-6-3)71-65(68)59-56-53-50-47-44-41-38-35-33-31-29-26-23-20-17-14-11-8-5-2/h7,9-10,12,16-21,25-29,32-36,40,42-43,45,51,54,62H,4-6,8,11,13-15,22-24,30-31,37-39,41,44,46-50,52-53,55-61H2,1-3H3/b10-7-,12-9-,19-16-,20-17-,21-18-,28-25-,29-26-,34-32-,35-33-,36-27-,43-40-,45-42-,54-51-. The Balaban J connectivity index is 4.61. The highest BCUT2D eigenvalue weighted by Gasteiger charge is 2.19. The predicted octanol–water partition coefficient (Wildman–Crippen LogP) is 19.0. The molecular weight excluding hydrogens is 877 g/mol. The van der Waals surface area contributed by atoms with E-state index in [0.29, 0.717) is 6.42 Å². The molecule has 0 radical (unpaired) electrons. The van der Waals surface area contributed by atoms with Gasteiger partial charge in [0, 0.05) is 12.8 Å². The lowest BCUT2D eigenvalue weighted by Crippen LogP contribution is -2.30. The highest BCUT2D eigenvalue weighted by Crippen LogP contribution is 2.12. The number of esters is 3. The Morgan fingerprint density at radius 3 is 1.00 bits per heavy atom. The molecule has 0 spiro atoms. The first-order valence-corrected chi connectivity index (χ1v) is 28.0. The van der Waals surface area contributed by atoms with Gasteiger partial charge in [-0.1, -0.05) is 224 Å². The number of hydrogen-bond acceptors (Lipinski definition) is 6. The van der Waals surface area contributed by atoms with Crippen LogP contribution in [-0.4, -0.2) is 37.2 Å². The van der Waals surface area contributed by atoms with Gasteiger partial charge in [0.05, 0.1) is 6.42 Å². The lowest BCUT2D eigenvalue weighted by molar-refractivity contribution is -0.166. The number of ether oxygens (including phenoxy) is 3. The van der Waals surface area contributed by atoms with E-state index in [4.69, 9.17) is 14.2 Å². The molecule has 1 atom stereocenters. The second-order valence-corrected chi connectivity index (χ2v) is 17.7. The van der Waals surface area contributed by atoms with Gasteiger partial charge in [-0.15, -0.1) is 0 Å². The van der Waals surface area contributed by atoms with Crippen molar-refractivity contribution in [2.75, 3.05) is 13.2 Å². The molecule has 0 aromatic carbocycles. The predicted molar refractivity (Wildman–Crippen MR) is 306 cm³/mol. The summed E-state index contributed by atoms with van der Waals surface area (Å²) in [6.45, 7) is 6.23. The van der Waals surface area contributed by atoms with Gasteiger partial charge in [-0.2, -0.15) is 0 Å². The second-order valence-electron chi connectivity index (χ2n) is 17.7. The summed E-state index contributed by atoms with van der Waals surface area (Å²) >= 11 is 0. The molecule has 0 aliphatic carbocycles. The van der Waals surface area contributed by atoms with Crippen LogP contribution in [0.5, 0.6) is 0 Å². The topological polar surface area (TPSA) is 78.9 Å². The highest BCUT2D eigenvalue weighted by molar-refractivity contribution is 5.72. The fourth-order valence-corrected chi connectivity index (χ4v) is 6.90. The third kappa shape index (κ3) is 55.8. The fourth-order valence-electron chi connectivity index (χ4n) is 6.90. The van der Waals surface area contributed by atoms with E-state index in [1.165, 1.54) is 38.5 Å². The van der Waals surface area contributed by atoms with Crippen molar-refractivity contribution in [3.63, 3.8) is 0 Å². The first-order chi connectivity index (χ1) is 35.0. The summed E-state index contributed by atoms with van der Waals surface area (Å²) in [5.74, 6) is -1.12. The third-order valence-corrected chi connectivity index (χ3v) is 11.0. The van der Waals surface area contributed by atoms with Gasteiger partial charge in [0.2, 0.25) is 0 Å². The van der Waals surface area contributed by atoms with Crippen molar-refractivity contribution in [3.05, 3.63) is 158 Å². The van der Waals surface area contributed by atoms with Crippen molar-refractivity contribution >= 4 is 17.9 Å². The van der Waals surface area contributed by atoms with Crippen molar-refractivity contribution in [1.29, 1.82) is 0 Å².